The highest BCUT2D eigenvalue weighted by molar-refractivity contribution is 5.93. The van der Waals surface area contributed by atoms with Gasteiger partial charge in [-0.2, -0.15) is 0 Å². The molecule has 1 aliphatic carbocycles. The van der Waals surface area contributed by atoms with Crippen molar-refractivity contribution in [1.82, 2.24) is 0 Å². The van der Waals surface area contributed by atoms with E-state index in [9.17, 15) is 0 Å². The Hall–Kier alpha value is -1.38. The van der Waals surface area contributed by atoms with E-state index in [1.165, 1.54) is 27.5 Å². The first-order valence-electron chi connectivity index (χ1n) is 5.80. The Morgan fingerprint density at radius 1 is 1.06 bits per heavy atom. The highest BCUT2D eigenvalue weighted by atomic mass is 14.7. The lowest BCUT2D eigenvalue weighted by atomic mass is 9.96. The largest absolute Gasteiger partial charge is 0.329 e. The SMILES string of the molecule is NCC(N)c1ccc2c3c(cccc13)CC2. The first-order chi connectivity index (χ1) is 7.81. The zero-order valence-corrected chi connectivity index (χ0v) is 9.24. The molecule has 4 N–H and O–H groups in total. The fraction of sp³-hybridized carbons (Fsp3) is 0.286. The van der Waals surface area contributed by atoms with Crippen molar-refractivity contribution in [3.05, 3.63) is 47.0 Å². The molecule has 82 valence electrons. The van der Waals surface area contributed by atoms with Crippen LogP contribution < -0.4 is 11.5 Å². The van der Waals surface area contributed by atoms with Crippen molar-refractivity contribution in [2.24, 2.45) is 11.5 Å². The summed E-state index contributed by atoms with van der Waals surface area (Å²) in [5.41, 5.74) is 15.8. The minimum absolute atomic E-state index is 0.0510. The third-order valence-corrected chi connectivity index (χ3v) is 3.56. The predicted octanol–water partition coefficient (Wildman–Crippen LogP) is 1.90. The van der Waals surface area contributed by atoms with E-state index in [2.05, 4.69) is 30.3 Å². The zero-order valence-electron chi connectivity index (χ0n) is 9.24. The number of nitrogens with two attached hydrogens (primary N) is 2. The molecule has 16 heavy (non-hydrogen) atoms. The molecule has 1 unspecified atom stereocenters. The van der Waals surface area contributed by atoms with Crippen LogP contribution in [0.1, 0.15) is 22.7 Å². The maximum atomic E-state index is 6.06. The Morgan fingerprint density at radius 2 is 1.81 bits per heavy atom. The molecule has 0 aromatic heterocycles. The van der Waals surface area contributed by atoms with Gasteiger partial charge in [-0.15, -0.1) is 0 Å². The van der Waals surface area contributed by atoms with Gasteiger partial charge in [0.25, 0.3) is 0 Å². The number of hydrogen-bond acceptors (Lipinski definition) is 2. The average Bonchev–Trinajstić information content (AvgIpc) is 2.74. The molecule has 3 rings (SSSR count). The van der Waals surface area contributed by atoms with Gasteiger partial charge >= 0.3 is 0 Å². The molecular weight excluding hydrogens is 196 g/mol. The normalized spacial score (nSPS) is 15.6. The Kier molecular flexibility index (Phi) is 2.20. The molecule has 2 aromatic carbocycles. The molecule has 0 heterocycles. The summed E-state index contributed by atoms with van der Waals surface area (Å²) in [7, 11) is 0. The standard InChI is InChI=1S/C14H16N2/c15-8-13(16)11-7-6-10-5-4-9-2-1-3-12(11)14(9)10/h1-3,6-7,13H,4-5,8,15-16H2. The lowest BCUT2D eigenvalue weighted by molar-refractivity contribution is 0.743. The molecule has 0 bridgehead atoms. The van der Waals surface area contributed by atoms with Crippen molar-refractivity contribution in [3.8, 4) is 0 Å². The van der Waals surface area contributed by atoms with Crippen LogP contribution in [-0.4, -0.2) is 6.54 Å². The van der Waals surface area contributed by atoms with Gasteiger partial charge in [0.1, 0.15) is 0 Å². The van der Waals surface area contributed by atoms with Gasteiger partial charge in [0, 0.05) is 12.6 Å². The molecule has 2 aromatic rings. The molecular formula is C14H16N2. The van der Waals surface area contributed by atoms with Gasteiger partial charge in [-0.25, -0.2) is 0 Å². The Labute approximate surface area is 95.2 Å². The molecule has 2 heteroatoms. The van der Waals surface area contributed by atoms with Crippen molar-refractivity contribution in [1.29, 1.82) is 0 Å². The highest BCUT2D eigenvalue weighted by Crippen LogP contribution is 2.34. The third kappa shape index (κ3) is 1.27. The minimum Gasteiger partial charge on any atom is -0.329 e. The molecule has 0 aliphatic heterocycles. The average molecular weight is 212 g/mol. The minimum atomic E-state index is -0.0510. The van der Waals surface area contributed by atoms with E-state index in [0.717, 1.165) is 12.8 Å². The van der Waals surface area contributed by atoms with Crippen LogP contribution in [0.3, 0.4) is 0 Å². The predicted molar refractivity (Wildman–Crippen MR) is 67.3 cm³/mol. The first kappa shape index (κ1) is 9.82. The molecule has 0 saturated carbocycles. The van der Waals surface area contributed by atoms with Gasteiger partial charge in [-0.05, 0) is 40.3 Å². The molecule has 0 saturated heterocycles. The molecule has 2 nitrogen and oxygen atoms in total. The lowest BCUT2D eigenvalue weighted by Crippen LogP contribution is -2.21. The quantitative estimate of drug-likeness (QED) is 0.798. The summed E-state index contributed by atoms with van der Waals surface area (Å²) in [6.07, 6.45) is 2.32. The van der Waals surface area contributed by atoms with Crippen LogP contribution in [0, 0.1) is 0 Å². The summed E-state index contributed by atoms with van der Waals surface area (Å²) in [4.78, 5) is 0. The third-order valence-electron chi connectivity index (χ3n) is 3.56. The van der Waals surface area contributed by atoms with Crippen molar-refractivity contribution < 1.29 is 0 Å². The van der Waals surface area contributed by atoms with Gasteiger partial charge in [0.15, 0.2) is 0 Å². The van der Waals surface area contributed by atoms with Crippen molar-refractivity contribution in [3.63, 3.8) is 0 Å². The van der Waals surface area contributed by atoms with Crippen LogP contribution in [0.4, 0.5) is 0 Å². The van der Waals surface area contributed by atoms with Gasteiger partial charge in [0.2, 0.25) is 0 Å². The van der Waals surface area contributed by atoms with E-state index in [4.69, 9.17) is 11.5 Å². The second kappa shape index (κ2) is 3.58. The van der Waals surface area contributed by atoms with Gasteiger partial charge < -0.3 is 11.5 Å². The molecule has 0 radical (unpaired) electrons. The topological polar surface area (TPSA) is 52.0 Å². The van der Waals surface area contributed by atoms with Gasteiger partial charge in [-0.3, -0.25) is 0 Å². The monoisotopic (exact) mass is 212 g/mol. The van der Waals surface area contributed by atoms with E-state index in [-0.39, 0.29) is 6.04 Å². The van der Waals surface area contributed by atoms with Crippen LogP contribution in [-0.2, 0) is 12.8 Å². The highest BCUT2D eigenvalue weighted by Gasteiger charge is 2.17. The molecule has 1 atom stereocenters. The zero-order chi connectivity index (χ0) is 11.1. The number of aryl methyl sites for hydroxylation is 2. The van der Waals surface area contributed by atoms with Gasteiger partial charge in [0.05, 0.1) is 0 Å². The summed E-state index contributed by atoms with van der Waals surface area (Å²) in [5, 5.41) is 2.72. The van der Waals surface area contributed by atoms with Crippen LogP contribution in [0.15, 0.2) is 30.3 Å². The molecule has 1 aliphatic rings. The van der Waals surface area contributed by atoms with E-state index < -0.39 is 0 Å². The molecule has 0 amide bonds. The van der Waals surface area contributed by atoms with E-state index in [1.54, 1.807) is 0 Å². The van der Waals surface area contributed by atoms with Crippen molar-refractivity contribution >= 4 is 10.8 Å². The summed E-state index contributed by atoms with van der Waals surface area (Å²) in [5.74, 6) is 0. The van der Waals surface area contributed by atoms with Crippen molar-refractivity contribution in [2.75, 3.05) is 6.54 Å². The number of hydrogen-bond donors (Lipinski definition) is 2. The summed E-state index contributed by atoms with van der Waals surface area (Å²) in [6, 6.07) is 10.8. The van der Waals surface area contributed by atoms with Crippen molar-refractivity contribution in [2.45, 2.75) is 18.9 Å². The fourth-order valence-corrected chi connectivity index (χ4v) is 2.72. The Balaban J connectivity index is 2.33. The van der Waals surface area contributed by atoms with E-state index in [0.29, 0.717) is 6.54 Å². The summed E-state index contributed by atoms with van der Waals surface area (Å²) < 4.78 is 0. The van der Waals surface area contributed by atoms with Crippen LogP contribution >= 0.6 is 0 Å². The lowest BCUT2D eigenvalue weighted by Gasteiger charge is -2.13. The number of benzene rings is 2. The van der Waals surface area contributed by atoms with E-state index >= 15 is 0 Å². The fourth-order valence-electron chi connectivity index (χ4n) is 2.72. The Morgan fingerprint density at radius 3 is 2.56 bits per heavy atom. The van der Waals surface area contributed by atoms with Gasteiger partial charge in [-0.1, -0.05) is 30.3 Å². The van der Waals surface area contributed by atoms with Crippen LogP contribution in [0.2, 0.25) is 0 Å². The first-order valence-corrected chi connectivity index (χ1v) is 5.80. The molecule has 0 fully saturated rings. The Bertz CT molecular complexity index is 535. The maximum Gasteiger partial charge on any atom is 0.0425 e. The smallest absolute Gasteiger partial charge is 0.0425 e. The van der Waals surface area contributed by atoms with Crippen LogP contribution in [0.25, 0.3) is 10.8 Å². The maximum absolute atomic E-state index is 6.06. The summed E-state index contributed by atoms with van der Waals surface area (Å²) >= 11 is 0. The van der Waals surface area contributed by atoms with Crippen LogP contribution in [0.5, 0.6) is 0 Å². The van der Waals surface area contributed by atoms with E-state index in [1.807, 2.05) is 0 Å². The second-order valence-corrected chi connectivity index (χ2v) is 4.50. The second-order valence-electron chi connectivity index (χ2n) is 4.50. The summed E-state index contributed by atoms with van der Waals surface area (Å²) in [6.45, 7) is 0.499. The molecule has 0 spiro atoms. The number of rotatable bonds is 2.